The second kappa shape index (κ2) is 7.63. The molecule has 1 fully saturated rings. The molecule has 0 saturated carbocycles. The van der Waals surface area contributed by atoms with Crippen molar-refractivity contribution in [3.05, 3.63) is 64.6 Å². The molecule has 9 nitrogen and oxygen atoms in total. The van der Waals surface area contributed by atoms with Crippen molar-refractivity contribution in [2.45, 2.75) is 36.7 Å². The number of nitrogens with zero attached hydrogens (tertiary/aromatic N) is 3. The summed E-state index contributed by atoms with van der Waals surface area (Å²) in [6.45, 7) is 2.68. The van der Waals surface area contributed by atoms with Gasteiger partial charge in [-0.15, -0.1) is 0 Å². The number of hydrogen-bond donors (Lipinski definition) is 2. The highest BCUT2D eigenvalue weighted by molar-refractivity contribution is 7.90. The first-order valence-electron chi connectivity index (χ1n) is 10.5. The summed E-state index contributed by atoms with van der Waals surface area (Å²) in [5, 5.41) is 0. The molecule has 0 aliphatic carbocycles. The fourth-order valence-corrected chi connectivity index (χ4v) is 5.76. The van der Waals surface area contributed by atoms with Crippen LogP contribution in [0.4, 0.5) is 0 Å². The molecule has 32 heavy (non-hydrogen) atoms. The SMILES string of the molecule is C[C@H](N=C1NS(=O)(=O)c2ccccc21)C(=O)N1CCC(n2c(=O)[nH]c3ccccc32)CC1. The summed E-state index contributed by atoms with van der Waals surface area (Å²) in [5.74, 6) is 0.0347. The third kappa shape index (κ3) is 3.40. The summed E-state index contributed by atoms with van der Waals surface area (Å²) >= 11 is 0. The van der Waals surface area contributed by atoms with Gasteiger partial charge < -0.3 is 9.88 Å². The minimum absolute atomic E-state index is 0.0119. The summed E-state index contributed by atoms with van der Waals surface area (Å²) in [7, 11) is -3.65. The molecule has 3 aromatic rings. The predicted octanol–water partition coefficient (Wildman–Crippen LogP) is 1.62. The van der Waals surface area contributed by atoms with Gasteiger partial charge in [-0.25, -0.2) is 13.2 Å². The molecule has 3 heterocycles. The minimum Gasteiger partial charge on any atom is -0.341 e. The van der Waals surface area contributed by atoms with Crippen LogP contribution in [0.25, 0.3) is 11.0 Å². The van der Waals surface area contributed by atoms with Gasteiger partial charge in [-0.05, 0) is 44.0 Å². The normalized spacial score (nSPS) is 20.3. The number of likely N-dealkylation sites (tertiary alicyclic amines) is 1. The van der Waals surface area contributed by atoms with Crippen molar-refractivity contribution in [1.29, 1.82) is 0 Å². The van der Waals surface area contributed by atoms with Crippen molar-refractivity contribution in [3.63, 3.8) is 0 Å². The monoisotopic (exact) mass is 453 g/mol. The maximum absolute atomic E-state index is 13.0. The largest absolute Gasteiger partial charge is 0.341 e. The Labute approximate surface area is 184 Å². The first kappa shape index (κ1) is 20.5. The van der Waals surface area contributed by atoms with E-state index in [2.05, 4.69) is 14.7 Å². The van der Waals surface area contributed by atoms with Crippen LogP contribution >= 0.6 is 0 Å². The van der Waals surface area contributed by atoms with Crippen molar-refractivity contribution < 1.29 is 13.2 Å². The van der Waals surface area contributed by atoms with Crippen LogP contribution in [0.1, 0.15) is 31.4 Å². The number of aliphatic imine (C=N–C) groups is 1. The lowest BCUT2D eigenvalue weighted by atomic mass is 10.0. The molecule has 10 heteroatoms. The van der Waals surface area contributed by atoms with E-state index in [1.807, 2.05) is 24.3 Å². The number of rotatable bonds is 3. The molecular formula is C22H23N5O4S. The van der Waals surface area contributed by atoms with E-state index in [1.54, 1.807) is 34.6 Å². The minimum atomic E-state index is -3.65. The molecule has 1 amide bonds. The molecule has 0 radical (unpaired) electrons. The molecule has 2 aromatic carbocycles. The maximum atomic E-state index is 13.0. The molecule has 1 atom stereocenters. The lowest BCUT2D eigenvalue weighted by molar-refractivity contribution is -0.133. The van der Waals surface area contributed by atoms with Crippen molar-refractivity contribution in [2.24, 2.45) is 4.99 Å². The number of aromatic amines is 1. The molecule has 0 unspecified atom stereocenters. The molecule has 2 aliphatic heterocycles. The summed E-state index contributed by atoms with van der Waals surface area (Å²) < 4.78 is 28.8. The van der Waals surface area contributed by atoms with Crippen LogP contribution in [0.15, 0.2) is 63.2 Å². The summed E-state index contributed by atoms with van der Waals surface area (Å²) in [4.78, 5) is 34.6. The second-order valence-electron chi connectivity index (χ2n) is 8.13. The third-order valence-corrected chi connectivity index (χ3v) is 7.51. The van der Waals surface area contributed by atoms with Gasteiger partial charge in [0.05, 0.1) is 15.9 Å². The number of carbonyl (C=O) groups excluding carboxylic acids is 1. The zero-order valence-electron chi connectivity index (χ0n) is 17.5. The molecule has 1 aromatic heterocycles. The first-order valence-corrected chi connectivity index (χ1v) is 12.0. The highest BCUT2D eigenvalue weighted by Gasteiger charge is 2.33. The second-order valence-corrected chi connectivity index (χ2v) is 9.78. The van der Waals surface area contributed by atoms with Gasteiger partial charge in [-0.3, -0.25) is 19.1 Å². The quantitative estimate of drug-likeness (QED) is 0.627. The lowest BCUT2D eigenvalue weighted by Gasteiger charge is -2.33. The van der Waals surface area contributed by atoms with E-state index in [-0.39, 0.29) is 28.4 Å². The Bertz CT molecular complexity index is 1400. The highest BCUT2D eigenvalue weighted by atomic mass is 32.2. The standard InChI is InChI=1S/C22H23N5O4S/c1-14(23-20-16-6-2-5-9-19(16)32(30,31)25-20)21(28)26-12-10-15(11-13-26)27-18-8-4-3-7-17(18)24-22(27)29/h2-9,14-15H,10-13H2,1H3,(H,23,25)(H,24,29)/t14-/m0/s1. The van der Waals surface area contributed by atoms with E-state index in [0.29, 0.717) is 31.5 Å². The van der Waals surface area contributed by atoms with E-state index >= 15 is 0 Å². The first-order chi connectivity index (χ1) is 15.3. The number of carbonyl (C=O) groups is 1. The smallest absolute Gasteiger partial charge is 0.326 e. The number of aromatic nitrogens is 2. The van der Waals surface area contributed by atoms with Gasteiger partial charge in [-0.1, -0.05) is 24.3 Å². The zero-order chi connectivity index (χ0) is 22.5. The average Bonchev–Trinajstić information content (AvgIpc) is 3.26. The average molecular weight is 454 g/mol. The van der Waals surface area contributed by atoms with Crippen LogP contribution < -0.4 is 10.4 Å². The molecule has 2 aliphatic rings. The van der Waals surface area contributed by atoms with Gasteiger partial charge in [0, 0.05) is 24.7 Å². The Balaban J connectivity index is 1.30. The molecule has 0 spiro atoms. The number of hydrogen-bond acceptors (Lipinski definition) is 5. The van der Waals surface area contributed by atoms with Crippen LogP contribution in [0, 0.1) is 0 Å². The number of benzene rings is 2. The number of amides is 1. The molecule has 2 N–H and O–H groups in total. The third-order valence-electron chi connectivity index (χ3n) is 6.11. The Morgan fingerprint density at radius 3 is 2.56 bits per heavy atom. The topological polar surface area (TPSA) is 117 Å². The van der Waals surface area contributed by atoms with Crippen molar-refractivity contribution >= 4 is 32.8 Å². The number of H-pyrrole nitrogens is 1. The Kier molecular flexibility index (Phi) is 4.89. The Hall–Kier alpha value is -3.40. The highest BCUT2D eigenvalue weighted by Crippen LogP contribution is 2.26. The molecule has 1 saturated heterocycles. The number of sulfonamides is 1. The summed E-state index contributed by atoms with van der Waals surface area (Å²) in [5.41, 5.74) is 2.02. The van der Waals surface area contributed by atoms with E-state index in [1.165, 1.54) is 6.07 Å². The van der Waals surface area contributed by atoms with E-state index < -0.39 is 16.1 Å². The van der Waals surface area contributed by atoms with Crippen LogP contribution in [-0.2, 0) is 14.8 Å². The van der Waals surface area contributed by atoms with Gasteiger partial charge in [0.25, 0.3) is 10.0 Å². The van der Waals surface area contributed by atoms with Gasteiger partial charge in [0.1, 0.15) is 11.9 Å². The number of piperidine rings is 1. The molecule has 166 valence electrons. The van der Waals surface area contributed by atoms with Crippen LogP contribution in [-0.4, -0.2) is 53.7 Å². The number of nitrogens with one attached hydrogen (secondary N) is 2. The fraction of sp³-hybridized carbons (Fsp3) is 0.318. The van der Waals surface area contributed by atoms with Crippen LogP contribution in [0.2, 0.25) is 0 Å². The van der Waals surface area contributed by atoms with E-state index in [9.17, 15) is 18.0 Å². The van der Waals surface area contributed by atoms with Gasteiger partial charge in [-0.2, -0.15) is 0 Å². The number of para-hydroxylation sites is 2. The van der Waals surface area contributed by atoms with E-state index in [4.69, 9.17) is 0 Å². The zero-order valence-corrected chi connectivity index (χ0v) is 18.3. The number of fused-ring (bicyclic) bond motifs is 2. The molecule has 0 bridgehead atoms. The lowest BCUT2D eigenvalue weighted by Crippen LogP contribution is -2.44. The fourth-order valence-electron chi connectivity index (χ4n) is 4.52. The van der Waals surface area contributed by atoms with E-state index in [0.717, 1.165) is 11.0 Å². The molecular weight excluding hydrogens is 430 g/mol. The Morgan fingerprint density at radius 2 is 1.78 bits per heavy atom. The van der Waals surface area contributed by atoms with Crippen molar-refractivity contribution in [2.75, 3.05) is 13.1 Å². The predicted molar refractivity (Wildman–Crippen MR) is 120 cm³/mol. The van der Waals surface area contributed by atoms with Gasteiger partial charge in [0.2, 0.25) is 5.91 Å². The maximum Gasteiger partial charge on any atom is 0.326 e. The van der Waals surface area contributed by atoms with Crippen molar-refractivity contribution in [1.82, 2.24) is 19.2 Å². The Morgan fingerprint density at radius 1 is 1.09 bits per heavy atom. The summed E-state index contributed by atoms with van der Waals surface area (Å²) in [6, 6.07) is 13.4. The van der Waals surface area contributed by atoms with Gasteiger partial charge >= 0.3 is 5.69 Å². The van der Waals surface area contributed by atoms with Crippen molar-refractivity contribution in [3.8, 4) is 0 Å². The van der Waals surface area contributed by atoms with Crippen LogP contribution in [0.5, 0.6) is 0 Å². The summed E-state index contributed by atoms with van der Waals surface area (Å²) in [6.07, 6.45) is 1.32. The number of amidine groups is 1. The molecule has 5 rings (SSSR count). The van der Waals surface area contributed by atoms with Gasteiger partial charge in [0.15, 0.2) is 0 Å². The van der Waals surface area contributed by atoms with Crippen LogP contribution in [0.3, 0.4) is 0 Å². The number of imidazole rings is 1.